The van der Waals surface area contributed by atoms with Gasteiger partial charge in [-0.25, -0.2) is 0 Å². The Balaban J connectivity index is 0.000000670. The van der Waals surface area contributed by atoms with Gasteiger partial charge in [0.05, 0.1) is 0 Å². The molecule has 14 rings (SSSR count). The fourth-order valence-corrected chi connectivity index (χ4v) is 18.1. The molecule has 0 aromatic heterocycles. The molecule has 0 heterocycles. The predicted molar refractivity (Wildman–Crippen MR) is 545 cm³/mol. The second kappa shape index (κ2) is 113. The van der Waals surface area contributed by atoms with Crippen molar-refractivity contribution in [1.29, 1.82) is 0 Å². The third-order valence-corrected chi connectivity index (χ3v) is 29.5. The lowest BCUT2D eigenvalue weighted by molar-refractivity contribution is 0.504. The molecule has 0 bridgehead atoms. The van der Waals surface area contributed by atoms with Crippen LogP contribution >= 0.6 is 0 Å². The average molecular weight is 1660 g/mol. The Morgan fingerprint density at radius 1 is 0.0169 bits per heavy atom. The minimum atomic E-state index is 1.50. The molecule has 0 spiro atoms. The van der Waals surface area contributed by atoms with Gasteiger partial charge in [-0.3, -0.25) is 0 Å². The Hall–Kier alpha value is 0. The molecule has 14 fully saturated rings. The van der Waals surface area contributed by atoms with Gasteiger partial charge >= 0.3 is 0 Å². The predicted octanol–water partition coefficient (Wildman–Crippen LogP) is 46.0. The monoisotopic (exact) mass is 1650 g/mol. The van der Waals surface area contributed by atoms with Crippen molar-refractivity contribution in [2.24, 2.45) is 0 Å². The molecule has 118 heavy (non-hydrogen) atoms. The second-order valence-corrected chi connectivity index (χ2v) is 41.7. The van der Waals surface area contributed by atoms with Gasteiger partial charge in [-0.1, -0.05) is 758 Å². The minimum absolute atomic E-state index is 1.50. The molecule has 0 aromatic rings. The molecule has 708 valence electrons. The molecule has 14 aliphatic carbocycles. The van der Waals surface area contributed by atoms with E-state index in [-0.39, 0.29) is 0 Å². The molecule has 0 aromatic carbocycles. The van der Waals surface area contributed by atoms with E-state index >= 15 is 0 Å². The quantitative estimate of drug-likeness (QED) is 0.227. The first kappa shape index (κ1) is 116. The Morgan fingerprint density at radius 2 is 0.0254 bits per heavy atom. The van der Waals surface area contributed by atoms with Crippen LogP contribution in [0.25, 0.3) is 0 Å². The van der Waals surface area contributed by atoms with E-state index < -0.39 is 0 Å². The standard InChI is InChI=1S/C28H56.C14H28.2C12H24.C10H20.3C6H12.6C4H8/c1-2-4-6-8-10-12-14-16-18-20-22-24-26-28-27-25-23-21-19-17-15-13-11-9-7-5-3-1;1-2-4-6-8-10-12-14-13-11-9-7-5-3-1;2*1-2-4-6-8-10-12-11-9-7-5-3-1;1-2-4-6-8-10-9-7-5-3-1;3*1-2-4-6-5-3-1;6*1-2-4-3-1/h1-28H2;1-14H2;2*1-12H2;1-10H2;3*1-6H2;6*1-4H2. The van der Waals surface area contributed by atoms with Gasteiger partial charge < -0.3 is 0 Å². The molecule has 0 aliphatic heterocycles. The van der Waals surface area contributed by atoms with Crippen molar-refractivity contribution < 1.29 is 0 Å². The van der Waals surface area contributed by atoms with E-state index in [1.165, 1.54) is 758 Å². The fraction of sp³-hybridized carbons (Fsp3) is 1.00. The molecule has 0 saturated heterocycles. The molecule has 0 atom stereocenters. The maximum atomic E-state index is 1.50. The summed E-state index contributed by atoms with van der Waals surface area (Å²) in [6.45, 7) is 0. The van der Waals surface area contributed by atoms with Gasteiger partial charge in [-0.05, 0) is 0 Å². The van der Waals surface area contributed by atoms with Crippen LogP contribution in [0.4, 0.5) is 0 Å². The van der Waals surface area contributed by atoms with Crippen molar-refractivity contribution in [3.8, 4) is 0 Å². The molecular formula is C118H236. The van der Waals surface area contributed by atoms with Crippen LogP contribution in [0.2, 0.25) is 0 Å². The first-order valence-electron chi connectivity index (χ1n) is 59.0. The summed E-state index contributed by atoms with van der Waals surface area (Å²) < 4.78 is 0. The highest BCUT2D eigenvalue weighted by molar-refractivity contribution is 4.62. The van der Waals surface area contributed by atoms with Crippen LogP contribution in [0.15, 0.2) is 0 Å². The zero-order valence-electron chi connectivity index (χ0n) is 83.4. The molecule has 0 N–H and O–H groups in total. The second-order valence-electron chi connectivity index (χ2n) is 41.7. The maximum absolute atomic E-state index is 1.50. The lowest BCUT2D eigenvalue weighted by Gasteiger charge is -2.05. The third kappa shape index (κ3) is 110. The van der Waals surface area contributed by atoms with Crippen molar-refractivity contribution in [1.82, 2.24) is 0 Å². The molecule has 0 radical (unpaired) electrons. The number of hydrogen-bond donors (Lipinski definition) is 0. The van der Waals surface area contributed by atoms with Gasteiger partial charge in [-0.15, -0.1) is 0 Å². The van der Waals surface area contributed by atoms with E-state index in [4.69, 9.17) is 0 Å². The lowest BCUT2D eigenvalue weighted by atomic mass is 10.0. The van der Waals surface area contributed by atoms with Crippen molar-refractivity contribution in [2.45, 2.75) is 758 Å². The van der Waals surface area contributed by atoms with E-state index in [0.717, 1.165) is 0 Å². The van der Waals surface area contributed by atoms with Gasteiger partial charge in [0.1, 0.15) is 0 Å². The van der Waals surface area contributed by atoms with Crippen LogP contribution in [0, 0.1) is 0 Å². The van der Waals surface area contributed by atoms with Gasteiger partial charge in [0, 0.05) is 0 Å². The Labute approximate surface area is 752 Å². The zero-order valence-corrected chi connectivity index (χ0v) is 83.4. The van der Waals surface area contributed by atoms with E-state index in [9.17, 15) is 0 Å². The summed E-state index contributed by atoms with van der Waals surface area (Å²) in [5.74, 6) is 0. The molecule has 0 unspecified atom stereocenters. The van der Waals surface area contributed by atoms with Gasteiger partial charge in [0.2, 0.25) is 0 Å². The summed E-state index contributed by atoms with van der Waals surface area (Å²) in [4.78, 5) is 0. The first-order chi connectivity index (χ1) is 59.0. The smallest absolute Gasteiger partial charge is 0.0533 e. The Bertz CT molecular complexity index is 1110. The highest BCUT2D eigenvalue weighted by Gasteiger charge is 2.06. The average Bonchev–Trinajstić information content (AvgIpc) is 1.40. The van der Waals surface area contributed by atoms with E-state index in [2.05, 4.69) is 0 Å². The highest BCUT2D eigenvalue weighted by atomic mass is 14.1. The summed E-state index contributed by atoms with van der Waals surface area (Å²) in [6.07, 6.45) is 177. The van der Waals surface area contributed by atoms with Crippen LogP contribution in [0.5, 0.6) is 0 Å². The molecule has 0 nitrogen and oxygen atoms in total. The van der Waals surface area contributed by atoms with Crippen molar-refractivity contribution >= 4 is 0 Å². The molecular weight excluding hydrogens is 1420 g/mol. The van der Waals surface area contributed by atoms with Crippen LogP contribution in [-0.4, -0.2) is 0 Å². The summed E-state index contributed by atoms with van der Waals surface area (Å²) in [5, 5.41) is 0. The summed E-state index contributed by atoms with van der Waals surface area (Å²) in [6, 6.07) is 0. The zero-order chi connectivity index (χ0) is 83.4. The van der Waals surface area contributed by atoms with Crippen molar-refractivity contribution in [3.05, 3.63) is 0 Å². The van der Waals surface area contributed by atoms with Crippen molar-refractivity contribution in [2.75, 3.05) is 0 Å². The van der Waals surface area contributed by atoms with Crippen LogP contribution in [-0.2, 0) is 0 Å². The number of rotatable bonds is 0. The van der Waals surface area contributed by atoms with Gasteiger partial charge in [0.15, 0.2) is 0 Å². The van der Waals surface area contributed by atoms with Gasteiger partial charge in [-0.2, -0.15) is 0 Å². The van der Waals surface area contributed by atoms with Crippen LogP contribution in [0.1, 0.15) is 758 Å². The Morgan fingerprint density at radius 3 is 0.0339 bits per heavy atom. The summed E-state index contributed by atoms with van der Waals surface area (Å²) in [7, 11) is 0. The lowest BCUT2D eigenvalue weighted by Crippen LogP contribution is -1.85. The minimum Gasteiger partial charge on any atom is -0.0533 e. The summed E-state index contributed by atoms with van der Waals surface area (Å²) in [5.41, 5.74) is 0. The van der Waals surface area contributed by atoms with E-state index in [0.29, 0.717) is 0 Å². The highest BCUT2D eigenvalue weighted by Crippen LogP contribution is 2.26. The third-order valence-electron chi connectivity index (χ3n) is 29.5. The molecule has 0 heteroatoms. The van der Waals surface area contributed by atoms with E-state index in [1.54, 1.807) is 0 Å². The molecule has 14 saturated carbocycles. The maximum Gasteiger partial charge on any atom is -0.0533 e. The van der Waals surface area contributed by atoms with Crippen LogP contribution < -0.4 is 0 Å². The van der Waals surface area contributed by atoms with Crippen molar-refractivity contribution in [3.63, 3.8) is 0 Å². The Kier molecular flexibility index (Phi) is 111. The number of hydrogen-bond acceptors (Lipinski definition) is 0. The normalized spacial score (nSPS) is 24.0. The molecule has 0 amide bonds. The van der Waals surface area contributed by atoms with E-state index in [1.807, 2.05) is 0 Å². The largest absolute Gasteiger partial charge is 0.0533 e. The van der Waals surface area contributed by atoms with Crippen LogP contribution in [0.3, 0.4) is 0 Å². The fourth-order valence-electron chi connectivity index (χ4n) is 18.1. The topological polar surface area (TPSA) is 0 Å². The molecule has 14 aliphatic rings. The first-order valence-corrected chi connectivity index (χ1v) is 59.0. The van der Waals surface area contributed by atoms with Gasteiger partial charge in [0.25, 0.3) is 0 Å². The SMILES string of the molecule is C1CCC1.C1CCC1.C1CCC1.C1CCC1.C1CCC1.C1CCC1.C1CCCCC1.C1CCCCC1.C1CCCCC1.C1CCCCCCCCC1.C1CCCCCCCCCCC1.C1CCCCCCCCCCC1.C1CCCCCCCCCCCCC1.C1CCCCCCCCCCCCCCCCCCCCCCCCCCC1. The summed E-state index contributed by atoms with van der Waals surface area (Å²) >= 11 is 0.